The van der Waals surface area contributed by atoms with Crippen LogP contribution in [-0.4, -0.2) is 15.0 Å². The second-order valence-corrected chi connectivity index (χ2v) is 7.41. The Morgan fingerprint density at radius 3 is 2.65 bits per heavy atom. The Balaban J connectivity index is 2.10. The van der Waals surface area contributed by atoms with Crippen molar-refractivity contribution in [3.8, 4) is 0 Å². The summed E-state index contributed by atoms with van der Waals surface area (Å²) in [6.07, 6.45) is 0.648. The SMILES string of the molecule is Nc1cccc2c1CCN2S(=O)(=O)c1cccc(Br)c1. The molecule has 0 fully saturated rings. The van der Waals surface area contributed by atoms with Crippen LogP contribution in [0.3, 0.4) is 0 Å². The molecule has 0 bridgehead atoms. The van der Waals surface area contributed by atoms with Gasteiger partial charge in [0.25, 0.3) is 10.0 Å². The molecule has 0 saturated carbocycles. The fourth-order valence-corrected chi connectivity index (χ4v) is 4.53. The lowest BCUT2D eigenvalue weighted by atomic mass is 10.1. The minimum atomic E-state index is -3.54. The average Bonchev–Trinajstić information content (AvgIpc) is 2.85. The van der Waals surface area contributed by atoms with E-state index in [1.807, 2.05) is 0 Å². The number of nitrogens with zero attached hydrogens (tertiary/aromatic N) is 1. The van der Waals surface area contributed by atoms with Crippen molar-refractivity contribution < 1.29 is 8.42 Å². The van der Waals surface area contributed by atoms with Gasteiger partial charge in [0, 0.05) is 22.3 Å². The van der Waals surface area contributed by atoms with E-state index in [4.69, 9.17) is 5.73 Å². The van der Waals surface area contributed by atoms with Gasteiger partial charge in [0.1, 0.15) is 0 Å². The Hall–Kier alpha value is -1.53. The quantitative estimate of drug-likeness (QED) is 0.845. The van der Waals surface area contributed by atoms with Crippen LogP contribution in [0.4, 0.5) is 11.4 Å². The van der Waals surface area contributed by atoms with Crippen molar-refractivity contribution >= 4 is 37.3 Å². The molecule has 2 N–H and O–H groups in total. The van der Waals surface area contributed by atoms with E-state index in [-0.39, 0.29) is 4.90 Å². The fourth-order valence-electron chi connectivity index (χ4n) is 2.44. The van der Waals surface area contributed by atoms with Gasteiger partial charge in [0.05, 0.1) is 10.6 Å². The minimum Gasteiger partial charge on any atom is -0.398 e. The van der Waals surface area contributed by atoms with E-state index in [0.717, 1.165) is 10.0 Å². The van der Waals surface area contributed by atoms with Gasteiger partial charge >= 0.3 is 0 Å². The van der Waals surface area contributed by atoms with Gasteiger partial charge in [-0.15, -0.1) is 0 Å². The second-order valence-electron chi connectivity index (χ2n) is 4.63. The third kappa shape index (κ3) is 2.09. The standard InChI is InChI=1S/C14H13BrN2O2S/c15-10-3-1-4-11(9-10)20(18,19)17-8-7-12-13(16)5-2-6-14(12)17/h1-6,9H,7-8,16H2. The number of hydrogen-bond donors (Lipinski definition) is 1. The molecule has 0 saturated heterocycles. The van der Waals surface area contributed by atoms with Crippen LogP contribution in [0.15, 0.2) is 51.8 Å². The van der Waals surface area contributed by atoms with Gasteiger partial charge in [-0.1, -0.05) is 28.1 Å². The largest absolute Gasteiger partial charge is 0.398 e. The summed E-state index contributed by atoms with van der Waals surface area (Å²) in [7, 11) is -3.54. The second kappa shape index (κ2) is 4.79. The van der Waals surface area contributed by atoms with Crippen LogP contribution in [0.25, 0.3) is 0 Å². The maximum atomic E-state index is 12.7. The van der Waals surface area contributed by atoms with Crippen molar-refractivity contribution in [2.75, 3.05) is 16.6 Å². The Bertz CT molecular complexity index is 774. The van der Waals surface area contributed by atoms with Crippen LogP contribution in [0.5, 0.6) is 0 Å². The Morgan fingerprint density at radius 1 is 1.15 bits per heavy atom. The summed E-state index contributed by atoms with van der Waals surface area (Å²) >= 11 is 3.30. The molecular formula is C14H13BrN2O2S. The Morgan fingerprint density at radius 2 is 1.90 bits per heavy atom. The van der Waals surface area contributed by atoms with E-state index >= 15 is 0 Å². The van der Waals surface area contributed by atoms with E-state index in [1.165, 1.54) is 4.31 Å². The number of anilines is 2. The number of fused-ring (bicyclic) bond motifs is 1. The molecule has 1 heterocycles. The highest BCUT2D eigenvalue weighted by molar-refractivity contribution is 9.10. The Kier molecular flexibility index (Phi) is 3.22. The summed E-state index contributed by atoms with van der Waals surface area (Å²) in [4.78, 5) is 0.280. The normalized spacial score (nSPS) is 14.3. The molecular weight excluding hydrogens is 340 g/mol. The van der Waals surface area contributed by atoms with E-state index in [9.17, 15) is 8.42 Å². The van der Waals surface area contributed by atoms with Crippen LogP contribution in [-0.2, 0) is 16.4 Å². The maximum absolute atomic E-state index is 12.7. The number of rotatable bonds is 2. The predicted molar refractivity (Wildman–Crippen MR) is 83.2 cm³/mol. The highest BCUT2D eigenvalue weighted by Gasteiger charge is 2.31. The van der Waals surface area contributed by atoms with Crippen molar-refractivity contribution in [1.82, 2.24) is 0 Å². The van der Waals surface area contributed by atoms with Gasteiger partial charge in [0.15, 0.2) is 0 Å². The summed E-state index contributed by atoms with van der Waals surface area (Å²) in [5, 5.41) is 0. The number of nitrogens with two attached hydrogens (primary N) is 1. The fraction of sp³-hybridized carbons (Fsp3) is 0.143. The van der Waals surface area contributed by atoms with Crippen LogP contribution >= 0.6 is 15.9 Å². The molecule has 1 aliphatic heterocycles. The molecule has 6 heteroatoms. The topological polar surface area (TPSA) is 63.4 Å². The summed E-state index contributed by atoms with van der Waals surface area (Å²) < 4.78 is 27.6. The molecule has 0 aliphatic carbocycles. The smallest absolute Gasteiger partial charge is 0.264 e. The van der Waals surface area contributed by atoms with E-state index in [2.05, 4.69) is 15.9 Å². The van der Waals surface area contributed by atoms with E-state index < -0.39 is 10.0 Å². The monoisotopic (exact) mass is 352 g/mol. The molecule has 2 aromatic rings. The van der Waals surface area contributed by atoms with Gasteiger partial charge in [-0.05, 0) is 36.8 Å². The molecule has 3 rings (SSSR count). The molecule has 0 spiro atoms. The maximum Gasteiger partial charge on any atom is 0.264 e. The zero-order valence-electron chi connectivity index (χ0n) is 10.6. The number of halogens is 1. The first-order valence-electron chi connectivity index (χ1n) is 6.16. The molecule has 2 aromatic carbocycles. The molecule has 0 aromatic heterocycles. The molecule has 0 unspecified atom stereocenters. The first-order chi connectivity index (χ1) is 9.50. The summed E-state index contributed by atoms with van der Waals surface area (Å²) in [6, 6.07) is 12.1. The third-order valence-corrected chi connectivity index (χ3v) is 5.71. The number of benzene rings is 2. The lowest BCUT2D eigenvalue weighted by Crippen LogP contribution is -2.29. The molecule has 1 aliphatic rings. The van der Waals surface area contributed by atoms with E-state index in [0.29, 0.717) is 24.3 Å². The molecule has 0 amide bonds. The van der Waals surface area contributed by atoms with E-state index in [1.54, 1.807) is 42.5 Å². The van der Waals surface area contributed by atoms with Gasteiger partial charge in [-0.25, -0.2) is 8.42 Å². The van der Waals surface area contributed by atoms with Crippen molar-refractivity contribution in [2.45, 2.75) is 11.3 Å². The minimum absolute atomic E-state index is 0.280. The van der Waals surface area contributed by atoms with Crippen molar-refractivity contribution in [3.05, 3.63) is 52.5 Å². The lowest BCUT2D eigenvalue weighted by Gasteiger charge is -2.19. The molecule has 4 nitrogen and oxygen atoms in total. The van der Waals surface area contributed by atoms with Crippen molar-refractivity contribution in [2.24, 2.45) is 0 Å². The first kappa shape index (κ1) is 13.5. The highest BCUT2D eigenvalue weighted by Crippen LogP contribution is 2.36. The lowest BCUT2D eigenvalue weighted by molar-refractivity contribution is 0.592. The van der Waals surface area contributed by atoms with Gasteiger partial charge in [0.2, 0.25) is 0 Å². The highest BCUT2D eigenvalue weighted by atomic mass is 79.9. The van der Waals surface area contributed by atoms with Gasteiger partial charge < -0.3 is 5.73 Å². The number of nitrogen functional groups attached to an aromatic ring is 1. The predicted octanol–water partition coefficient (Wildman–Crippen LogP) is 2.78. The number of sulfonamides is 1. The molecule has 20 heavy (non-hydrogen) atoms. The third-order valence-electron chi connectivity index (χ3n) is 3.41. The van der Waals surface area contributed by atoms with Crippen molar-refractivity contribution in [1.29, 1.82) is 0 Å². The molecule has 104 valence electrons. The van der Waals surface area contributed by atoms with Gasteiger partial charge in [-0.2, -0.15) is 0 Å². The summed E-state index contributed by atoms with van der Waals surface area (Å²) in [6.45, 7) is 0.429. The number of hydrogen-bond acceptors (Lipinski definition) is 3. The Labute approximate surface area is 126 Å². The van der Waals surface area contributed by atoms with Crippen LogP contribution < -0.4 is 10.0 Å². The molecule has 0 atom stereocenters. The summed E-state index contributed by atoms with van der Waals surface area (Å²) in [5.41, 5.74) is 8.15. The average molecular weight is 353 g/mol. The first-order valence-corrected chi connectivity index (χ1v) is 8.39. The van der Waals surface area contributed by atoms with Crippen LogP contribution in [0.2, 0.25) is 0 Å². The van der Waals surface area contributed by atoms with Crippen molar-refractivity contribution in [3.63, 3.8) is 0 Å². The van der Waals surface area contributed by atoms with Crippen LogP contribution in [0.1, 0.15) is 5.56 Å². The van der Waals surface area contributed by atoms with Gasteiger partial charge in [-0.3, -0.25) is 4.31 Å². The van der Waals surface area contributed by atoms with Crippen LogP contribution in [0, 0.1) is 0 Å². The zero-order chi connectivity index (χ0) is 14.3. The zero-order valence-corrected chi connectivity index (χ0v) is 13.0. The molecule has 0 radical (unpaired) electrons. The summed E-state index contributed by atoms with van der Waals surface area (Å²) in [5.74, 6) is 0.